The van der Waals surface area contributed by atoms with Gasteiger partial charge in [-0.3, -0.25) is 8.98 Å². The Kier molecular flexibility index (Phi) is 5.30. The number of carbonyl (C=O) groups excluding carboxylic acids is 1. The highest BCUT2D eigenvalue weighted by Gasteiger charge is 2.05. The largest absolute Gasteiger partial charge is 0.315 e. The van der Waals surface area contributed by atoms with Crippen molar-refractivity contribution < 1.29 is 17.4 Å². The lowest BCUT2D eigenvalue weighted by atomic mass is 10.1. The first-order valence-electron chi connectivity index (χ1n) is 5.61. The molecule has 1 aromatic carbocycles. The van der Waals surface area contributed by atoms with Crippen molar-refractivity contribution in [3.63, 3.8) is 0 Å². The molecule has 0 bridgehead atoms. The summed E-state index contributed by atoms with van der Waals surface area (Å²) in [6.07, 6.45) is 2.28. The van der Waals surface area contributed by atoms with Crippen molar-refractivity contribution in [2.75, 3.05) is 24.3 Å². The van der Waals surface area contributed by atoms with Crippen LogP contribution in [0.15, 0.2) is 24.3 Å². The van der Waals surface area contributed by atoms with E-state index in [-0.39, 0.29) is 6.61 Å². The molecule has 1 amide bonds. The first kappa shape index (κ1) is 14.7. The van der Waals surface area contributed by atoms with Gasteiger partial charge in [0, 0.05) is 12.2 Å². The Labute approximate surface area is 107 Å². The summed E-state index contributed by atoms with van der Waals surface area (Å²) in [7, 11) is -3.40. The van der Waals surface area contributed by atoms with Gasteiger partial charge in [-0.15, -0.1) is 0 Å². The van der Waals surface area contributed by atoms with Crippen LogP contribution in [-0.2, 0) is 25.5 Å². The van der Waals surface area contributed by atoms with Gasteiger partial charge in [0.1, 0.15) is 0 Å². The molecule has 0 saturated carbocycles. The molecule has 1 rings (SSSR count). The van der Waals surface area contributed by atoms with Crippen LogP contribution in [0.3, 0.4) is 0 Å². The summed E-state index contributed by atoms with van der Waals surface area (Å²) in [5.74, 6) is 0. The van der Waals surface area contributed by atoms with Crippen molar-refractivity contribution >= 4 is 22.2 Å². The number of rotatable bonds is 7. The Morgan fingerprint density at radius 2 is 2.11 bits per heavy atom. The second kappa shape index (κ2) is 6.51. The molecular weight excluding hydrogens is 254 g/mol. The summed E-state index contributed by atoms with van der Waals surface area (Å²) in [4.78, 5) is 12.4. The molecule has 100 valence electrons. The van der Waals surface area contributed by atoms with Crippen molar-refractivity contribution in [1.82, 2.24) is 0 Å². The number of amides is 1. The van der Waals surface area contributed by atoms with E-state index >= 15 is 0 Å². The van der Waals surface area contributed by atoms with E-state index in [1.165, 1.54) is 0 Å². The maximum absolute atomic E-state index is 10.8. The Bertz CT molecular complexity index is 499. The zero-order chi connectivity index (χ0) is 13.6. The highest BCUT2D eigenvalue weighted by atomic mass is 32.2. The number of nitrogens with zero attached hydrogens (tertiary/aromatic N) is 1. The van der Waals surface area contributed by atoms with E-state index in [0.29, 0.717) is 13.0 Å². The summed E-state index contributed by atoms with van der Waals surface area (Å²) in [5, 5.41) is 0. The highest BCUT2D eigenvalue weighted by Crippen LogP contribution is 2.15. The molecule has 18 heavy (non-hydrogen) atoms. The van der Waals surface area contributed by atoms with Gasteiger partial charge in [-0.1, -0.05) is 12.1 Å². The maximum Gasteiger partial charge on any atom is 0.264 e. The van der Waals surface area contributed by atoms with Crippen LogP contribution >= 0.6 is 0 Å². The Balaban J connectivity index is 2.68. The number of hydrogen-bond donors (Lipinski definition) is 0. The van der Waals surface area contributed by atoms with Gasteiger partial charge in [0.05, 0.1) is 12.9 Å². The predicted octanol–water partition coefficient (Wildman–Crippen LogP) is 1.19. The third-order valence-electron chi connectivity index (χ3n) is 2.40. The Morgan fingerprint density at radius 3 is 2.67 bits per heavy atom. The number of carbonyl (C=O) groups is 1. The molecule has 0 aliphatic rings. The quantitative estimate of drug-likeness (QED) is 0.552. The molecule has 0 aliphatic carbocycles. The number of hydrogen-bond acceptors (Lipinski definition) is 4. The summed E-state index contributed by atoms with van der Waals surface area (Å²) >= 11 is 0. The van der Waals surface area contributed by atoms with Crippen LogP contribution in [0.2, 0.25) is 0 Å². The van der Waals surface area contributed by atoms with Gasteiger partial charge in [-0.05, 0) is 31.0 Å². The molecule has 0 aliphatic heterocycles. The van der Waals surface area contributed by atoms with Crippen molar-refractivity contribution in [3.05, 3.63) is 29.8 Å². The lowest BCUT2D eigenvalue weighted by Gasteiger charge is -2.15. The summed E-state index contributed by atoms with van der Waals surface area (Å²) in [6, 6.07) is 7.38. The Morgan fingerprint density at radius 1 is 1.39 bits per heavy atom. The minimum Gasteiger partial charge on any atom is -0.315 e. The molecule has 0 spiro atoms. The van der Waals surface area contributed by atoms with Crippen molar-refractivity contribution in [1.29, 1.82) is 0 Å². The van der Waals surface area contributed by atoms with E-state index in [9.17, 15) is 13.2 Å². The molecule has 0 heterocycles. The van der Waals surface area contributed by atoms with E-state index in [1.807, 2.05) is 31.2 Å². The minimum atomic E-state index is -3.40. The minimum absolute atomic E-state index is 0.107. The number of anilines is 1. The first-order chi connectivity index (χ1) is 8.46. The first-order valence-corrected chi connectivity index (χ1v) is 7.43. The summed E-state index contributed by atoms with van der Waals surface area (Å²) < 4.78 is 26.3. The summed E-state index contributed by atoms with van der Waals surface area (Å²) in [5.41, 5.74) is 1.72. The van der Waals surface area contributed by atoms with Crippen LogP contribution < -0.4 is 4.90 Å². The fourth-order valence-corrected chi connectivity index (χ4v) is 1.91. The second-order valence-electron chi connectivity index (χ2n) is 3.84. The zero-order valence-corrected chi connectivity index (χ0v) is 11.3. The molecule has 6 heteroatoms. The molecular formula is C12H17NO4S. The van der Waals surface area contributed by atoms with Gasteiger partial charge in [0.15, 0.2) is 0 Å². The van der Waals surface area contributed by atoms with Gasteiger partial charge >= 0.3 is 0 Å². The topological polar surface area (TPSA) is 63.7 Å². The summed E-state index contributed by atoms with van der Waals surface area (Å²) in [6.45, 7) is 2.58. The fraction of sp³-hybridized carbons (Fsp3) is 0.417. The lowest BCUT2D eigenvalue weighted by molar-refractivity contribution is -0.107. The molecule has 1 aromatic rings. The standard InChI is InChI=1S/C12H17NO4S/c1-3-13(10-14)12-6-4-5-11(9-12)7-8-17-18(2,15)16/h4-6,9-10H,3,7-8H2,1-2H3. The molecule has 0 radical (unpaired) electrons. The van der Waals surface area contributed by atoms with Gasteiger partial charge in [0.25, 0.3) is 10.1 Å². The molecule has 0 unspecified atom stereocenters. The van der Waals surface area contributed by atoms with Gasteiger partial charge in [-0.25, -0.2) is 0 Å². The van der Waals surface area contributed by atoms with E-state index in [4.69, 9.17) is 0 Å². The smallest absolute Gasteiger partial charge is 0.264 e. The molecule has 5 nitrogen and oxygen atoms in total. The van der Waals surface area contributed by atoms with Crippen LogP contribution in [0.1, 0.15) is 12.5 Å². The average molecular weight is 271 g/mol. The van der Waals surface area contributed by atoms with E-state index in [0.717, 1.165) is 23.9 Å². The Hall–Kier alpha value is -1.40. The zero-order valence-electron chi connectivity index (χ0n) is 10.5. The van der Waals surface area contributed by atoms with Gasteiger partial charge in [0.2, 0.25) is 6.41 Å². The normalized spacial score (nSPS) is 11.2. The van der Waals surface area contributed by atoms with E-state index in [1.54, 1.807) is 4.90 Å². The van der Waals surface area contributed by atoms with Crippen LogP contribution in [0.25, 0.3) is 0 Å². The van der Waals surface area contributed by atoms with Crippen LogP contribution in [0, 0.1) is 0 Å². The molecule has 0 N–H and O–H groups in total. The molecule has 0 aromatic heterocycles. The average Bonchev–Trinajstić information content (AvgIpc) is 2.29. The third kappa shape index (κ3) is 4.85. The van der Waals surface area contributed by atoms with Gasteiger partial charge in [-0.2, -0.15) is 8.42 Å². The van der Waals surface area contributed by atoms with E-state index < -0.39 is 10.1 Å². The van der Waals surface area contributed by atoms with E-state index in [2.05, 4.69) is 4.18 Å². The van der Waals surface area contributed by atoms with Crippen molar-refractivity contribution in [2.24, 2.45) is 0 Å². The van der Waals surface area contributed by atoms with Crippen LogP contribution in [-0.4, -0.2) is 34.2 Å². The van der Waals surface area contributed by atoms with Crippen molar-refractivity contribution in [3.8, 4) is 0 Å². The monoisotopic (exact) mass is 271 g/mol. The van der Waals surface area contributed by atoms with Crippen molar-refractivity contribution in [2.45, 2.75) is 13.3 Å². The lowest BCUT2D eigenvalue weighted by Crippen LogP contribution is -2.20. The molecule has 0 saturated heterocycles. The highest BCUT2D eigenvalue weighted by molar-refractivity contribution is 7.85. The van der Waals surface area contributed by atoms with Crippen LogP contribution in [0.5, 0.6) is 0 Å². The fourth-order valence-electron chi connectivity index (χ4n) is 1.52. The second-order valence-corrected chi connectivity index (χ2v) is 5.48. The predicted molar refractivity (Wildman–Crippen MR) is 70.0 cm³/mol. The third-order valence-corrected chi connectivity index (χ3v) is 2.99. The molecule has 0 fully saturated rings. The van der Waals surface area contributed by atoms with Gasteiger partial charge < -0.3 is 4.90 Å². The SMILES string of the molecule is CCN(C=O)c1cccc(CCOS(C)(=O)=O)c1. The van der Waals surface area contributed by atoms with Crippen LogP contribution in [0.4, 0.5) is 5.69 Å². The molecule has 0 atom stereocenters. The maximum atomic E-state index is 10.8. The number of benzene rings is 1.